The summed E-state index contributed by atoms with van der Waals surface area (Å²) in [5, 5.41) is 0.660. The molecule has 0 atom stereocenters. The molecule has 1 amide bonds. The van der Waals surface area contributed by atoms with Gasteiger partial charge in [0.1, 0.15) is 0 Å². The third-order valence-corrected chi connectivity index (χ3v) is 2.99. The number of hydrogen-bond acceptors (Lipinski definition) is 2. The number of nitrogens with one attached hydrogen (secondary N) is 1. The molecule has 0 aromatic heterocycles. The zero-order chi connectivity index (χ0) is 9.10. The van der Waals surface area contributed by atoms with E-state index in [-0.39, 0.29) is 5.91 Å². The lowest BCUT2D eigenvalue weighted by Crippen LogP contribution is -2.16. The molecule has 2 nitrogen and oxygen atoms in total. The smallest absolute Gasteiger partial charge is 0.261 e. The van der Waals surface area contributed by atoms with Crippen LogP contribution >= 0.6 is 11.9 Å². The summed E-state index contributed by atoms with van der Waals surface area (Å²) in [6.07, 6.45) is 2.47. The number of hydrogen-bond donors (Lipinski definition) is 1. The highest BCUT2D eigenvalue weighted by molar-refractivity contribution is 7.98. The lowest BCUT2D eigenvalue weighted by molar-refractivity contribution is 0.0984. The standard InChI is InChI=1S/C10H11NOS/c12-10(11-13-9-6-7-9)8-4-2-1-3-5-8/h1-5,9H,6-7H2,(H,11,12). The van der Waals surface area contributed by atoms with Crippen LogP contribution in [0.1, 0.15) is 23.2 Å². The number of benzene rings is 1. The van der Waals surface area contributed by atoms with E-state index in [1.165, 1.54) is 12.8 Å². The Bertz CT molecular complexity index is 295. The number of carbonyl (C=O) groups is 1. The Morgan fingerprint density at radius 1 is 1.31 bits per heavy atom. The van der Waals surface area contributed by atoms with E-state index in [1.807, 2.05) is 30.3 Å². The Hall–Kier alpha value is -0.960. The van der Waals surface area contributed by atoms with Crippen LogP contribution in [0.15, 0.2) is 30.3 Å². The van der Waals surface area contributed by atoms with Crippen LogP contribution in [0.3, 0.4) is 0 Å². The van der Waals surface area contributed by atoms with Crippen molar-refractivity contribution in [2.24, 2.45) is 0 Å². The molecule has 1 fully saturated rings. The SMILES string of the molecule is O=C(NSC1CC1)c1ccccc1. The van der Waals surface area contributed by atoms with Gasteiger partial charge in [0.05, 0.1) is 0 Å². The highest BCUT2D eigenvalue weighted by atomic mass is 32.2. The minimum atomic E-state index is 0.0116. The van der Waals surface area contributed by atoms with E-state index in [0.29, 0.717) is 5.25 Å². The topological polar surface area (TPSA) is 29.1 Å². The molecule has 0 spiro atoms. The third-order valence-electron chi connectivity index (χ3n) is 1.88. The minimum Gasteiger partial charge on any atom is -0.296 e. The van der Waals surface area contributed by atoms with Gasteiger partial charge in [0, 0.05) is 10.8 Å². The summed E-state index contributed by atoms with van der Waals surface area (Å²) in [4.78, 5) is 11.4. The molecule has 0 radical (unpaired) electrons. The largest absolute Gasteiger partial charge is 0.296 e. The molecule has 3 heteroatoms. The Labute approximate surface area is 81.9 Å². The maximum atomic E-state index is 11.4. The molecule has 0 bridgehead atoms. The van der Waals surface area contributed by atoms with E-state index in [4.69, 9.17) is 0 Å². The first-order valence-corrected chi connectivity index (χ1v) is 5.25. The summed E-state index contributed by atoms with van der Waals surface area (Å²) < 4.78 is 2.84. The van der Waals surface area contributed by atoms with Crippen LogP contribution in [-0.2, 0) is 0 Å². The molecule has 1 aromatic carbocycles. The van der Waals surface area contributed by atoms with Crippen LogP contribution in [0.4, 0.5) is 0 Å². The van der Waals surface area contributed by atoms with Crippen molar-refractivity contribution >= 4 is 17.9 Å². The average molecular weight is 193 g/mol. The van der Waals surface area contributed by atoms with Crippen molar-refractivity contribution < 1.29 is 4.79 Å². The van der Waals surface area contributed by atoms with E-state index in [9.17, 15) is 4.79 Å². The fraction of sp³-hybridized carbons (Fsp3) is 0.300. The van der Waals surface area contributed by atoms with Gasteiger partial charge in [-0.05, 0) is 36.9 Å². The zero-order valence-electron chi connectivity index (χ0n) is 7.19. The molecule has 1 aliphatic carbocycles. The predicted molar refractivity (Wildman–Crippen MR) is 54.5 cm³/mol. The van der Waals surface area contributed by atoms with E-state index in [1.54, 1.807) is 11.9 Å². The first-order valence-electron chi connectivity index (χ1n) is 4.37. The van der Waals surface area contributed by atoms with Gasteiger partial charge in [-0.2, -0.15) is 0 Å². The van der Waals surface area contributed by atoms with Crippen LogP contribution in [0.2, 0.25) is 0 Å². The lowest BCUT2D eigenvalue weighted by Gasteiger charge is -2.01. The average Bonchev–Trinajstić information content (AvgIpc) is 2.99. The van der Waals surface area contributed by atoms with Crippen LogP contribution < -0.4 is 4.72 Å². The molecule has 2 rings (SSSR count). The second-order valence-electron chi connectivity index (χ2n) is 3.11. The minimum absolute atomic E-state index is 0.0116. The first kappa shape index (κ1) is 8.63. The van der Waals surface area contributed by atoms with Gasteiger partial charge in [-0.25, -0.2) is 0 Å². The molecular formula is C10H11NOS. The van der Waals surface area contributed by atoms with Crippen molar-refractivity contribution in [1.82, 2.24) is 4.72 Å². The summed E-state index contributed by atoms with van der Waals surface area (Å²) in [7, 11) is 0. The summed E-state index contributed by atoms with van der Waals surface area (Å²) in [5.41, 5.74) is 0.732. The summed E-state index contributed by atoms with van der Waals surface area (Å²) in [6.45, 7) is 0. The van der Waals surface area contributed by atoms with Crippen LogP contribution in [0.25, 0.3) is 0 Å². The molecule has 0 saturated heterocycles. The van der Waals surface area contributed by atoms with E-state index in [0.717, 1.165) is 5.56 Å². The van der Waals surface area contributed by atoms with Crippen LogP contribution in [0, 0.1) is 0 Å². The quantitative estimate of drug-likeness (QED) is 0.746. The Kier molecular flexibility index (Phi) is 2.54. The molecule has 1 aliphatic rings. The van der Waals surface area contributed by atoms with Crippen molar-refractivity contribution in [1.29, 1.82) is 0 Å². The molecule has 1 aromatic rings. The molecule has 0 unspecified atom stereocenters. The number of carbonyl (C=O) groups excluding carboxylic acids is 1. The maximum absolute atomic E-state index is 11.4. The number of amides is 1. The fourth-order valence-electron chi connectivity index (χ4n) is 0.971. The molecule has 1 saturated carbocycles. The van der Waals surface area contributed by atoms with Gasteiger partial charge < -0.3 is 0 Å². The molecule has 1 N–H and O–H groups in total. The van der Waals surface area contributed by atoms with E-state index < -0.39 is 0 Å². The van der Waals surface area contributed by atoms with Crippen molar-refractivity contribution in [2.45, 2.75) is 18.1 Å². The van der Waals surface area contributed by atoms with Gasteiger partial charge in [0.2, 0.25) is 0 Å². The molecule has 13 heavy (non-hydrogen) atoms. The molecule has 0 aliphatic heterocycles. The Balaban J connectivity index is 1.89. The highest BCUT2D eigenvalue weighted by Gasteiger charge is 2.23. The molecule has 68 valence electrons. The normalized spacial score (nSPS) is 15.4. The second-order valence-corrected chi connectivity index (χ2v) is 4.22. The summed E-state index contributed by atoms with van der Waals surface area (Å²) >= 11 is 1.55. The van der Waals surface area contributed by atoms with Crippen LogP contribution in [-0.4, -0.2) is 11.2 Å². The van der Waals surface area contributed by atoms with Crippen LogP contribution in [0.5, 0.6) is 0 Å². The van der Waals surface area contributed by atoms with E-state index in [2.05, 4.69) is 4.72 Å². The lowest BCUT2D eigenvalue weighted by atomic mass is 10.2. The van der Waals surface area contributed by atoms with Crippen molar-refractivity contribution in [2.75, 3.05) is 0 Å². The van der Waals surface area contributed by atoms with Crippen molar-refractivity contribution in [3.8, 4) is 0 Å². The second kappa shape index (κ2) is 3.83. The maximum Gasteiger partial charge on any atom is 0.261 e. The van der Waals surface area contributed by atoms with E-state index >= 15 is 0 Å². The van der Waals surface area contributed by atoms with Crippen molar-refractivity contribution in [3.05, 3.63) is 35.9 Å². The van der Waals surface area contributed by atoms with Gasteiger partial charge in [0.25, 0.3) is 5.91 Å². The Morgan fingerprint density at radius 2 is 2.00 bits per heavy atom. The van der Waals surface area contributed by atoms with Gasteiger partial charge >= 0.3 is 0 Å². The zero-order valence-corrected chi connectivity index (χ0v) is 8.01. The van der Waals surface area contributed by atoms with Crippen molar-refractivity contribution in [3.63, 3.8) is 0 Å². The fourth-order valence-corrected chi connectivity index (χ4v) is 1.73. The van der Waals surface area contributed by atoms with Gasteiger partial charge in [-0.1, -0.05) is 18.2 Å². The van der Waals surface area contributed by atoms with Gasteiger partial charge in [-0.3, -0.25) is 9.52 Å². The first-order chi connectivity index (χ1) is 6.36. The third kappa shape index (κ3) is 2.49. The predicted octanol–water partition coefficient (Wildman–Crippen LogP) is 2.23. The monoisotopic (exact) mass is 193 g/mol. The van der Waals surface area contributed by atoms with Gasteiger partial charge in [0.15, 0.2) is 0 Å². The molecule has 0 heterocycles. The Morgan fingerprint density at radius 3 is 2.62 bits per heavy atom. The number of rotatable bonds is 3. The summed E-state index contributed by atoms with van der Waals surface area (Å²) in [5.74, 6) is 0.0116. The van der Waals surface area contributed by atoms with Gasteiger partial charge in [-0.15, -0.1) is 0 Å². The summed E-state index contributed by atoms with van der Waals surface area (Å²) in [6, 6.07) is 9.30. The highest BCUT2D eigenvalue weighted by Crippen LogP contribution is 2.31. The molecular weight excluding hydrogens is 182 g/mol.